The number of nitrogen functional groups attached to an aromatic ring is 1. The molecule has 0 bridgehead atoms. The van der Waals surface area contributed by atoms with Gasteiger partial charge >= 0.3 is 0 Å². The van der Waals surface area contributed by atoms with E-state index in [1.165, 1.54) is 6.26 Å². The zero-order valence-corrected chi connectivity index (χ0v) is 12.9. The van der Waals surface area contributed by atoms with Gasteiger partial charge < -0.3 is 10.3 Å². The standard InChI is InChI=1S/C14H21N3O2S/c1-4-10(5-2)9-17-11-7-6-8-12(20(3,18)19)13(11)16-14(17)15/h6-8,10H,4-5,9H2,1-3H3,(H2,15,16). The Kier molecular flexibility index (Phi) is 4.04. The maximum absolute atomic E-state index is 11.8. The van der Waals surface area contributed by atoms with Crippen LogP contribution in [0.5, 0.6) is 0 Å². The number of benzene rings is 1. The minimum absolute atomic E-state index is 0.241. The third-order valence-electron chi connectivity index (χ3n) is 3.77. The van der Waals surface area contributed by atoms with Gasteiger partial charge in [-0.15, -0.1) is 0 Å². The van der Waals surface area contributed by atoms with Crippen molar-refractivity contribution in [2.24, 2.45) is 5.92 Å². The summed E-state index contributed by atoms with van der Waals surface area (Å²) in [5.41, 5.74) is 7.24. The first-order valence-corrected chi connectivity index (χ1v) is 8.72. The van der Waals surface area contributed by atoms with Crippen LogP contribution in [0.15, 0.2) is 23.1 Å². The first kappa shape index (κ1) is 14.8. The molecule has 0 radical (unpaired) electrons. The zero-order chi connectivity index (χ0) is 14.9. The summed E-state index contributed by atoms with van der Waals surface area (Å²) in [6.45, 7) is 5.05. The number of anilines is 1. The topological polar surface area (TPSA) is 78.0 Å². The monoisotopic (exact) mass is 295 g/mol. The Bertz CT molecular complexity index is 715. The highest BCUT2D eigenvalue weighted by Gasteiger charge is 2.18. The molecule has 0 aliphatic heterocycles. The fourth-order valence-corrected chi connectivity index (χ4v) is 3.26. The van der Waals surface area contributed by atoms with Gasteiger partial charge in [0.1, 0.15) is 5.52 Å². The van der Waals surface area contributed by atoms with Gasteiger partial charge in [-0.1, -0.05) is 32.8 Å². The third kappa shape index (κ3) is 2.65. The number of rotatable bonds is 5. The highest BCUT2D eigenvalue weighted by atomic mass is 32.2. The number of hydrogen-bond donors (Lipinski definition) is 1. The van der Waals surface area contributed by atoms with Crippen LogP contribution < -0.4 is 5.73 Å². The van der Waals surface area contributed by atoms with Gasteiger partial charge in [-0.05, 0) is 18.1 Å². The van der Waals surface area contributed by atoms with Crippen molar-refractivity contribution in [1.82, 2.24) is 9.55 Å². The minimum Gasteiger partial charge on any atom is -0.369 e. The van der Waals surface area contributed by atoms with Crippen molar-refractivity contribution in [2.45, 2.75) is 38.1 Å². The maximum atomic E-state index is 11.8. The molecule has 1 heterocycles. The summed E-state index contributed by atoms with van der Waals surface area (Å²) in [6.07, 6.45) is 3.31. The van der Waals surface area contributed by atoms with Gasteiger partial charge in [0.05, 0.1) is 10.4 Å². The second-order valence-corrected chi connectivity index (χ2v) is 7.14. The van der Waals surface area contributed by atoms with E-state index in [1.54, 1.807) is 12.1 Å². The third-order valence-corrected chi connectivity index (χ3v) is 4.89. The number of imidazole rings is 1. The van der Waals surface area contributed by atoms with Crippen molar-refractivity contribution < 1.29 is 8.42 Å². The molecule has 0 atom stereocenters. The van der Waals surface area contributed by atoms with Crippen LogP contribution in [0.1, 0.15) is 26.7 Å². The van der Waals surface area contributed by atoms with Crippen molar-refractivity contribution in [3.05, 3.63) is 18.2 Å². The van der Waals surface area contributed by atoms with Crippen molar-refractivity contribution in [3.8, 4) is 0 Å². The molecule has 0 aliphatic carbocycles. The molecule has 6 heteroatoms. The Labute approximate surface area is 119 Å². The van der Waals surface area contributed by atoms with E-state index in [-0.39, 0.29) is 4.90 Å². The van der Waals surface area contributed by atoms with E-state index in [1.807, 2.05) is 10.6 Å². The predicted octanol–water partition coefficient (Wildman–Crippen LogP) is 2.46. The summed E-state index contributed by atoms with van der Waals surface area (Å²) in [6, 6.07) is 5.19. The zero-order valence-electron chi connectivity index (χ0n) is 12.1. The van der Waals surface area contributed by atoms with Crippen LogP contribution in [-0.4, -0.2) is 24.2 Å². The van der Waals surface area contributed by atoms with E-state index < -0.39 is 9.84 Å². The Balaban J connectivity index is 2.61. The fraction of sp³-hybridized carbons (Fsp3) is 0.500. The fourth-order valence-electron chi connectivity index (χ4n) is 2.44. The number of para-hydroxylation sites is 1. The molecule has 2 rings (SSSR count). The average Bonchev–Trinajstić information content (AvgIpc) is 2.70. The number of nitrogens with two attached hydrogens (primary N) is 1. The van der Waals surface area contributed by atoms with Crippen LogP contribution in [0.2, 0.25) is 0 Å². The van der Waals surface area contributed by atoms with Crippen LogP contribution in [0.4, 0.5) is 5.95 Å². The Morgan fingerprint density at radius 3 is 2.50 bits per heavy atom. The van der Waals surface area contributed by atoms with E-state index in [9.17, 15) is 8.42 Å². The second kappa shape index (κ2) is 5.44. The molecule has 2 aromatic rings. The summed E-state index contributed by atoms with van der Waals surface area (Å²) in [5, 5.41) is 0. The molecule has 20 heavy (non-hydrogen) atoms. The largest absolute Gasteiger partial charge is 0.369 e. The maximum Gasteiger partial charge on any atom is 0.201 e. The van der Waals surface area contributed by atoms with Gasteiger partial charge in [0.25, 0.3) is 0 Å². The van der Waals surface area contributed by atoms with Gasteiger partial charge in [-0.2, -0.15) is 0 Å². The molecule has 0 amide bonds. The molecule has 0 saturated heterocycles. The van der Waals surface area contributed by atoms with E-state index in [0.29, 0.717) is 17.4 Å². The highest BCUT2D eigenvalue weighted by molar-refractivity contribution is 7.91. The number of sulfone groups is 1. The molecule has 0 saturated carbocycles. The molecule has 1 aromatic heterocycles. The first-order chi connectivity index (χ1) is 9.38. The van der Waals surface area contributed by atoms with Crippen LogP contribution in [-0.2, 0) is 16.4 Å². The summed E-state index contributed by atoms with van der Waals surface area (Å²) in [5.74, 6) is 0.889. The van der Waals surface area contributed by atoms with Crippen LogP contribution in [0.3, 0.4) is 0 Å². The highest BCUT2D eigenvalue weighted by Crippen LogP contribution is 2.26. The number of nitrogens with zero attached hydrogens (tertiary/aromatic N) is 2. The number of fused-ring (bicyclic) bond motifs is 1. The molecule has 0 spiro atoms. The average molecular weight is 295 g/mol. The Morgan fingerprint density at radius 1 is 1.30 bits per heavy atom. The lowest BCUT2D eigenvalue weighted by atomic mass is 10.0. The molecular weight excluding hydrogens is 274 g/mol. The summed E-state index contributed by atoms with van der Waals surface area (Å²) in [4.78, 5) is 4.50. The molecule has 0 fully saturated rings. The molecule has 0 unspecified atom stereocenters. The van der Waals surface area contributed by atoms with Crippen molar-refractivity contribution in [2.75, 3.05) is 12.0 Å². The van der Waals surface area contributed by atoms with Gasteiger partial charge in [0.15, 0.2) is 9.84 Å². The molecular formula is C14H21N3O2S. The lowest BCUT2D eigenvalue weighted by Gasteiger charge is -2.14. The number of aromatic nitrogens is 2. The van der Waals surface area contributed by atoms with Crippen molar-refractivity contribution in [3.63, 3.8) is 0 Å². The number of hydrogen-bond acceptors (Lipinski definition) is 4. The van der Waals surface area contributed by atoms with E-state index in [0.717, 1.165) is 24.9 Å². The van der Waals surface area contributed by atoms with Gasteiger partial charge in [0, 0.05) is 12.8 Å². The lowest BCUT2D eigenvalue weighted by Crippen LogP contribution is -2.11. The summed E-state index contributed by atoms with van der Waals surface area (Å²) < 4.78 is 25.5. The smallest absolute Gasteiger partial charge is 0.201 e. The van der Waals surface area contributed by atoms with Crippen LogP contribution >= 0.6 is 0 Å². The molecule has 0 aliphatic rings. The molecule has 2 N–H and O–H groups in total. The van der Waals surface area contributed by atoms with Gasteiger partial charge in [-0.25, -0.2) is 13.4 Å². The lowest BCUT2D eigenvalue weighted by molar-refractivity contribution is 0.427. The SMILES string of the molecule is CCC(CC)Cn1c(N)nc2c(S(C)(=O)=O)cccc21. The van der Waals surface area contributed by atoms with Gasteiger partial charge in [-0.3, -0.25) is 0 Å². The van der Waals surface area contributed by atoms with Crippen LogP contribution in [0, 0.1) is 5.92 Å². The Hall–Kier alpha value is -1.56. The Morgan fingerprint density at radius 2 is 1.95 bits per heavy atom. The molecule has 5 nitrogen and oxygen atoms in total. The van der Waals surface area contributed by atoms with E-state index in [2.05, 4.69) is 18.8 Å². The van der Waals surface area contributed by atoms with E-state index in [4.69, 9.17) is 5.73 Å². The normalized spacial score (nSPS) is 12.4. The van der Waals surface area contributed by atoms with Crippen LogP contribution in [0.25, 0.3) is 11.0 Å². The summed E-state index contributed by atoms with van der Waals surface area (Å²) >= 11 is 0. The van der Waals surface area contributed by atoms with Gasteiger partial charge in [0.2, 0.25) is 5.95 Å². The molecule has 110 valence electrons. The first-order valence-electron chi connectivity index (χ1n) is 6.83. The molecule has 1 aromatic carbocycles. The van der Waals surface area contributed by atoms with E-state index >= 15 is 0 Å². The van der Waals surface area contributed by atoms with Crippen molar-refractivity contribution >= 4 is 26.8 Å². The predicted molar refractivity (Wildman–Crippen MR) is 81.3 cm³/mol. The second-order valence-electron chi connectivity index (χ2n) is 5.16. The quantitative estimate of drug-likeness (QED) is 0.919. The summed E-state index contributed by atoms with van der Waals surface area (Å²) in [7, 11) is -3.30. The van der Waals surface area contributed by atoms with Crippen molar-refractivity contribution in [1.29, 1.82) is 0 Å². The minimum atomic E-state index is -3.30.